The lowest BCUT2D eigenvalue weighted by Crippen LogP contribution is -2.49. The van der Waals surface area contributed by atoms with Crippen LogP contribution in [0.4, 0.5) is 0 Å². The lowest BCUT2D eigenvalue weighted by molar-refractivity contribution is -0.150. The Morgan fingerprint density at radius 3 is 2.36 bits per heavy atom. The van der Waals surface area contributed by atoms with Crippen molar-refractivity contribution in [3.8, 4) is 11.1 Å². The highest BCUT2D eigenvalue weighted by atomic mass is 16.5. The standard InChI is InChI=1S/C22H25NO2/c1-23-18-12-13-20(23)21(22(24)25-2)19(14-18)17-10-8-16(9-11-17)15-6-4-3-5-7-15/h3-11,18-21H,12-14H2,1-2H3/t18?,19-,20?,21+/m1/s1. The Balaban J connectivity index is 1.64. The minimum absolute atomic E-state index is 0.0590. The molecular formula is C22H25NO2. The van der Waals surface area contributed by atoms with Gasteiger partial charge in [-0.15, -0.1) is 0 Å². The molecule has 0 aromatic heterocycles. The smallest absolute Gasteiger partial charge is 0.310 e. The summed E-state index contributed by atoms with van der Waals surface area (Å²) < 4.78 is 5.17. The van der Waals surface area contributed by atoms with E-state index in [1.165, 1.54) is 30.2 Å². The van der Waals surface area contributed by atoms with Gasteiger partial charge in [-0.25, -0.2) is 0 Å². The number of carbonyl (C=O) groups is 1. The molecule has 0 aliphatic carbocycles. The number of carbonyl (C=O) groups excluding carboxylic acids is 1. The first kappa shape index (κ1) is 16.3. The molecule has 0 amide bonds. The topological polar surface area (TPSA) is 29.5 Å². The molecule has 0 N–H and O–H groups in total. The second-order valence-corrected chi connectivity index (χ2v) is 7.34. The van der Waals surface area contributed by atoms with Gasteiger partial charge < -0.3 is 4.74 Å². The molecule has 0 spiro atoms. The van der Waals surface area contributed by atoms with Crippen LogP contribution in [0.25, 0.3) is 11.1 Å². The van der Waals surface area contributed by atoms with Gasteiger partial charge in [0.1, 0.15) is 0 Å². The number of rotatable bonds is 3. The fourth-order valence-electron chi connectivity index (χ4n) is 4.82. The number of piperidine rings is 1. The normalized spacial score (nSPS) is 28.7. The van der Waals surface area contributed by atoms with Crippen LogP contribution in [0.2, 0.25) is 0 Å². The Labute approximate surface area is 149 Å². The summed E-state index contributed by atoms with van der Waals surface area (Å²) in [5.41, 5.74) is 3.71. The zero-order valence-electron chi connectivity index (χ0n) is 14.9. The van der Waals surface area contributed by atoms with Crippen LogP contribution in [0.15, 0.2) is 54.6 Å². The van der Waals surface area contributed by atoms with Crippen LogP contribution >= 0.6 is 0 Å². The predicted molar refractivity (Wildman–Crippen MR) is 99.3 cm³/mol. The first-order chi connectivity index (χ1) is 12.2. The number of benzene rings is 2. The SMILES string of the molecule is COC(=O)[C@@H]1C2CCC(C[C@@H]1c1ccc(-c3ccccc3)cc1)N2C. The van der Waals surface area contributed by atoms with Crippen molar-refractivity contribution >= 4 is 5.97 Å². The van der Waals surface area contributed by atoms with Gasteiger partial charge >= 0.3 is 5.97 Å². The van der Waals surface area contributed by atoms with E-state index in [9.17, 15) is 4.79 Å². The fourth-order valence-corrected chi connectivity index (χ4v) is 4.82. The van der Waals surface area contributed by atoms with Gasteiger partial charge in [0.05, 0.1) is 13.0 Å². The molecule has 2 aromatic carbocycles. The summed E-state index contributed by atoms with van der Waals surface area (Å²) in [5, 5.41) is 0. The molecule has 25 heavy (non-hydrogen) atoms. The fraction of sp³-hybridized carbons (Fsp3) is 0.409. The molecule has 2 aliphatic heterocycles. The Kier molecular flexibility index (Phi) is 4.34. The summed E-state index contributed by atoms with van der Waals surface area (Å²) in [4.78, 5) is 14.9. The largest absolute Gasteiger partial charge is 0.469 e. The molecule has 3 nitrogen and oxygen atoms in total. The number of nitrogens with zero attached hydrogens (tertiary/aromatic N) is 1. The lowest BCUT2D eigenvalue weighted by atomic mass is 9.76. The van der Waals surface area contributed by atoms with E-state index in [1.807, 2.05) is 6.07 Å². The van der Waals surface area contributed by atoms with Gasteiger partial charge in [-0.1, -0.05) is 54.6 Å². The molecule has 2 aliphatic rings. The van der Waals surface area contributed by atoms with Crippen LogP contribution in [0, 0.1) is 5.92 Å². The third kappa shape index (κ3) is 2.87. The number of esters is 1. The maximum atomic E-state index is 12.5. The van der Waals surface area contributed by atoms with Gasteiger partial charge in [-0.2, -0.15) is 0 Å². The zero-order valence-corrected chi connectivity index (χ0v) is 14.9. The maximum Gasteiger partial charge on any atom is 0.310 e. The van der Waals surface area contributed by atoms with Gasteiger partial charge in [-0.3, -0.25) is 9.69 Å². The molecule has 0 saturated carbocycles. The summed E-state index contributed by atoms with van der Waals surface area (Å²) in [7, 11) is 3.67. The van der Waals surface area contributed by atoms with Crippen LogP contribution in [0.5, 0.6) is 0 Å². The highest BCUT2D eigenvalue weighted by molar-refractivity contribution is 5.75. The quantitative estimate of drug-likeness (QED) is 0.791. The number of ether oxygens (including phenoxy) is 1. The highest BCUT2D eigenvalue weighted by Crippen LogP contribution is 2.46. The van der Waals surface area contributed by atoms with Crippen LogP contribution in [0.3, 0.4) is 0 Å². The molecule has 2 heterocycles. The molecule has 4 atom stereocenters. The number of methoxy groups -OCH3 is 1. The summed E-state index contributed by atoms with van der Waals surface area (Å²) in [5.74, 6) is 0.136. The van der Waals surface area contributed by atoms with Crippen molar-refractivity contribution in [2.75, 3.05) is 14.2 Å². The molecule has 2 aromatic rings. The maximum absolute atomic E-state index is 12.5. The molecule has 4 rings (SSSR count). The molecular weight excluding hydrogens is 310 g/mol. The van der Waals surface area contributed by atoms with Crippen molar-refractivity contribution in [1.82, 2.24) is 4.90 Å². The molecule has 2 fully saturated rings. The highest BCUT2D eigenvalue weighted by Gasteiger charge is 2.49. The van der Waals surface area contributed by atoms with E-state index in [1.54, 1.807) is 0 Å². The Morgan fingerprint density at radius 1 is 1.00 bits per heavy atom. The zero-order chi connectivity index (χ0) is 17.4. The van der Waals surface area contributed by atoms with E-state index in [0.717, 1.165) is 12.8 Å². The molecule has 130 valence electrons. The molecule has 2 saturated heterocycles. The Morgan fingerprint density at radius 2 is 1.68 bits per heavy atom. The van der Waals surface area contributed by atoms with Crippen molar-refractivity contribution in [1.29, 1.82) is 0 Å². The monoisotopic (exact) mass is 335 g/mol. The Bertz CT molecular complexity index is 740. The number of hydrogen-bond acceptors (Lipinski definition) is 3. The second kappa shape index (κ2) is 6.64. The lowest BCUT2D eigenvalue weighted by Gasteiger charge is -2.41. The summed E-state index contributed by atoms with van der Waals surface area (Å²) in [6.07, 6.45) is 3.32. The van der Waals surface area contributed by atoms with Gasteiger partial charge in [0.15, 0.2) is 0 Å². The van der Waals surface area contributed by atoms with Crippen LogP contribution in [-0.2, 0) is 9.53 Å². The van der Waals surface area contributed by atoms with E-state index in [4.69, 9.17) is 4.74 Å². The predicted octanol–water partition coefficient (Wildman–Crippen LogP) is 4.09. The van der Waals surface area contributed by atoms with Crippen molar-refractivity contribution in [2.45, 2.75) is 37.3 Å². The van der Waals surface area contributed by atoms with Crippen molar-refractivity contribution in [2.24, 2.45) is 5.92 Å². The van der Waals surface area contributed by atoms with Gasteiger partial charge in [0, 0.05) is 18.0 Å². The molecule has 2 unspecified atom stereocenters. The molecule has 3 heteroatoms. The summed E-state index contributed by atoms with van der Waals surface area (Å²) in [6, 6.07) is 20.1. The van der Waals surface area contributed by atoms with E-state index in [-0.39, 0.29) is 17.8 Å². The van der Waals surface area contributed by atoms with E-state index >= 15 is 0 Å². The van der Waals surface area contributed by atoms with Crippen molar-refractivity contribution in [3.63, 3.8) is 0 Å². The van der Waals surface area contributed by atoms with E-state index in [0.29, 0.717) is 12.1 Å². The number of fused-ring (bicyclic) bond motifs is 2. The van der Waals surface area contributed by atoms with Crippen LogP contribution < -0.4 is 0 Å². The summed E-state index contributed by atoms with van der Waals surface area (Å²) in [6.45, 7) is 0. The molecule has 0 radical (unpaired) electrons. The first-order valence-electron chi connectivity index (χ1n) is 9.14. The Hall–Kier alpha value is -2.13. The molecule has 2 bridgehead atoms. The minimum Gasteiger partial charge on any atom is -0.469 e. The third-order valence-corrected chi connectivity index (χ3v) is 6.19. The van der Waals surface area contributed by atoms with E-state index < -0.39 is 0 Å². The van der Waals surface area contributed by atoms with Gasteiger partial charge in [-0.05, 0) is 43.0 Å². The average molecular weight is 335 g/mol. The number of hydrogen-bond donors (Lipinski definition) is 0. The minimum atomic E-state index is -0.0608. The third-order valence-electron chi connectivity index (χ3n) is 6.19. The average Bonchev–Trinajstić information content (AvgIpc) is 2.90. The van der Waals surface area contributed by atoms with Gasteiger partial charge in [0.2, 0.25) is 0 Å². The second-order valence-electron chi connectivity index (χ2n) is 7.34. The first-order valence-corrected chi connectivity index (χ1v) is 9.14. The van der Waals surface area contributed by atoms with E-state index in [2.05, 4.69) is 60.5 Å². The van der Waals surface area contributed by atoms with Crippen molar-refractivity contribution in [3.05, 3.63) is 60.2 Å². The summed E-state index contributed by atoms with van der Waals surface area (Å²) >= 11 is 0. The van der Waals surface area contributed by atoms with Crippen LogP contribution in [-0.4, -0.2) is 37.1 Å². The van der Waals surface area contributed by atoms with Crippen LogP contribution in [0.1, 0.15) is 30.7 Å². The van der Waals surface area contributed by atoms with Crippen molar-refractivity contribution < 1.29 is 9.53 Å². The van der Waals surface area contributed by atoms with Gasteiger partial charge in [0.25, 0.3) is 0 Å².